The lowest BCUT2D eigenvalue weighted by molar-refractivity contribution is 0.475. The molecule has 1 aromatic heterocycles. The quantitative estimate of drug-likeness (QED) is 0.744. The van der Waals surface area contributed by atoms with Gasteiger partial charge in [0.1, 0.15) is 5.75 Å². The highest BCUT2D eigenvalue weighted by molar-refractivity contribution is 5.72. The van der Waals surface area contributed by atoms with Crippen LogP contribution in [0.3, 0.4) is 0 Å². The van der Waals surface area contributed by atoms with Crippen LogP contribution in [0.25, 0.3) is 24.3 Å². The molecule has 1 heterocycles. The summed E-state index contributed by atoms with van der Waals surface area (Å²) in [6.45, 7) is 0. The molecular weight excluding hydrogens is 272 g/mol. The average molecular weight is 288 g/mol. The zero-order valence-electron chi connectivity index (χ0n) is 12.0. The normalized spacial score (nSPS) is 11.5. The number of hydrogen-bond donors (Lipinski definition) is 2. The second kappa shape index (κ2) is 6.59. The molecule has 0 saturated heterocycles. The highest BCUT2D eigenvalue weighted by atomic mass is 16.3. The Labute approximate surface area is 129 Å². The largest absolute Gasteiger partial charge is 0.508 e. The smallest absolute Gasteiger partial charge is 0.115 e. The van der Waals surface area contributed by atoms with Crippen molar-refractivity contribution in [1.29, 1.82) is 0 Å². The van der Waals surface area contributed by atoms with E-state index >= 15 is 0 Å². The molecule has 3 nitrogen and oxygen atoms in total. The Morgan fingerprint density at radius 3 is 2.23 bits per heavy atom. The van der Waals surface area contributed by atoms with Gasteiger partial charge in [0, 0.05) is 0 Å². The molecule has 3 aromatic rings. The van der Waals surface area contributed by atoms with Crippen molar-refractivity contribution >= 4 is 24.3 Å². The van der Waals surface area contributed by atoms with Gasteiger partial charge in [-0.2, -0.15) is 5.10 Å². The Kier molecular flexibility index (Phi) is 4.16. The molecule has 22 heavy (non-hydrogen) atoms. The number of aromatic amines is 1. The van der Waals surface area contributed by atoms with Gasteiger partial charge in [-0.05, 0) is 41.5 Å². The maximum absolute atomic E-state index is 9.25. The Morgan fingerprint density at radius 1 is 0.773 bits per heavy atom. The van der Waals surface area contributed by atoms with Crippen LogP contribution in [0.4, 0.5) is 0 Å². The molecule has 0 aliphatic heterocycles. The van der Waals surface area contributed by atoms with Gasteiger partial charge in [-0.15, -0.1) is 0 Å². The summed E-state index contributed by atoms with van der Waals surface area (Å²) in [5.41, 5.74) is 3.98. The fraction of sp³-hybridized carbons (Fsp3) is 0. The summed E-state index contributed by atoms with van der Waals surface area (Å²) in [4.78, 5) is 0. The lowest BCUT2D eigenvalue weighted by Crippen LogP contribution is -1.73. The summed E-state index contributed by atoms with van der Waals surface area (Å²) in [7, 11) is 0. The number of nitrogens with one attached hydrogen (secondary N) is 1. The van der Waals surface area contributed by atoms with Crippen molar-refractivity contribution in [2.75, 3.05) is 0 Å². The van der Waals surface area contributed by atoms with Crippen LogP contribution >= 0.6 is 0 Å². The number of H-pyrrole nitrogens is 1. The topological polar surface area (TPSA) is 48.9 Å². The molecule has 108 valence electrons. The summed E-state index contributed by atoms with van der Waals surface area (Å²) in [6.07, 6.45) is 7.93. The summed E-state index contributed by atoms with van der Waals surface area (Å²) in [5, 5.41) is 16.5. The molecule has 3 rings (SSSR count). The average Bonchev–Trinajstić information content (AvgIpc) is 3.01. The van der Waals surface area contributed by atoms with Crippen molar-refractivity contribution in [2.24, 2.45) is 0 Å². The molecular formula is C19H16N2O. The first kappa shape index (κ1) is 13.9. The maximum Gasteiger partial charge on any atom is 0.115 e. The van der Waals surface area contributed by atoms with E-state index in [-0.39, 0.29) is 5.75 Å². The number of aromatic hydroxyl groups is 1. The zero-order chi connectivity index (χ0) is 15.2. The van der Waals surface area contributed by atoms with E-state index in [0.29, 0.717) is 0 Å². The maximum atomic E-state index is 9.25. The molecule has 3 heteroatoms. The van der Waals surface area contributed by atoms with Gasteiger partial charge in [0.25, 0.3) is 0 Å². The van der Waals surface area contributed by atoms with Gasteiger partial charge in [0.2, 0.25) is 0 Å². The molecule has 2 aromatic carbocycles. The van der Waals surface area contributed by atoms with Gasteiger partial charge in [0.15, 0.2) is 0 Å². The van der Waals surface area contributed by atoms with Crippen molar-refractivity contribution in [1.82, 2.24) is 10.2 Å². The van der Waals surface area contributed by atoms with E-state index in [4.69, 9.17) is 0 Å². The van der Waals surface area contributed by atoms with Crippen molar-refractivity contribution in [2.45, 2.75) is 0 Å². The van der Waals surface area contributed by atoms with Gasteiger partial charge in [-0.3, -0.25) is 5.10 Å². The molecule has 0 spiro atoms. The molecule has 0 bridgehead atoms. The van der Waals surface area contributed by atoms with Crippen LogP contribution in [-0.4, -0.2) is 15.3 Å². The lowest BCUT2D eigenvalue weighted by atomic mass is 10.2. The van der Waals surface area contributed by atoms with Gasteiger partial charge >= 0.3 is 0 Å². The third kappa shape index (κ3) is 3.73. The number of aromatic nitrogens is 2. The molecule has 0 radical (unpaired) electrons. The van der Waals surface area contributed by atoms with Crippen LogP contribution in [0.5, 0.6) is 5.75 Å². The highest BCUT2D eigenvalue weighted by Gasteiger charge is 1.95. The van der Waals surface area contributed by atoms with Gasteiger partial charge < -0.3 is 5.11 Å². The molecule has 0 unspecified atom stereocenters. The van der Waals surface area contributed by atoms with Crippen LogP contribution in [0, 0.1) is 0 Å². The number of hydrogen-bond acceptors (Lipinski definition) is 2. The molecule has 2 N–H and O–H groups in total. The van der Waals surface area contributed by atoms with Crippen LogP contribution in [-0.2, 0) is 0 Å². The zero-order valence-corrected chi connectivity index (χ0v) is 12.0. The highest BCUT2D eigenvalue weighted by Crippen LogP contribution is 2.13. The molecule has 0 aliphatic carbocycles. The summed E-state index contributed by atoms with van der Waals surface area (Å²) < 4.78 is 0. The van der Waals surface area contributed by atoms with E-state index in [9.17, 15) is 5.11 Å². The van der Waals surface area contributed by atoms with E-state index in [0.717, 1.165) is 22.5 Å². The molecule has 0 fully saturated rings. The first-order valence-corrected chi connectivity index (χ1v) is 7.05. The van der Waals surface area contributed by atoms with Gasteiger partial charge in [-0.1, -0.05) is 54.6 Å². The number of phenols is 1. The summed E-state index contributed by atoms with van der Waals surface area (Å²) >= 11 is 0. The van der Waals surface area contributed by atoms with Crippen LogP contribution in [0.2, 0.25) is 0 Å². The summed E-state index contributed by atoms with van der Waals surface area (Å²) in [5.74, 6) is 0.269. The minimum Gasteiger partial charge on any atom is -0.508 e. The first-order valence-electron chi connectivity index (χ1n) is 7.05. The SMILES string of the molecule is Oc1ccc(/C=C/c2cc(/C=C/c3ccccc3)[nH]n2)cc1. The monoisotopic (exact) mass is 288 g/mol. The third-order valence-electron chi connectivity index (χ3n) is 3.21. The fourth-order valence-electron chi connectivity index (χ4n) is 2.04. The predicted octanol–water partition coefficient (Wildman–Crippen LogP) is 4.46. The Hall–Kier alpha value is -3.07. The second-order valence-corrected chi connectivity index (χ2v) is 4.92. The van der Waals surface area contributed by atoms with Crippen LogP contribution in [0.15, 0.2) is 60.7 Å². The van der Waals surface area contributed by atoms with Crippen molar-refractivity contribution in [3.05, 3.63) is 83.2 Å². The minimum absolute atomic E-state index is 0.269. The van der Waals surface area contributed by atoms with E-state index in [1.165, 1.54) is 0 Å². The number of rotatable bonds is 4. The lowest BCUT2D eigenvalue weighted by Gasteiger charge is -1.92. The molecule has 0 amide bonds. The van der Waals surface area contributed by atoms with Crippen molar-refractivity contribution < 1.29 is 5.11 Å². The fourth-order valence-corrected chi connectivity index (χ4v) is 2.04. The van der Waals surface area contributed by atoms with E-state index in [1.54, 1.807) is 12.1 Å². The van der Waals surface area contributed by atoms with Crippen molar-refractivity contribution in [3.63, 3.8) is 0 Å². The number of phenolic OH excluding ortho intramolecular Hbond substituents is 1. The van der Waals surface area contributed by atoms with Crippen LogP contribution < -0.4 is 0 Å². The third-order valence-corrected chi connectivity index (χ3v) is 3.21. The van der Waals surface area contributed by atoms with Gasteiger partial charge in [0.05, 0.1) is 11.4 Å². The van der Waals surface area contributed by atoms with E-state index in [1.807, 2.05) is 60.7 Å². The molecule has 0 aliphatic rings. The van der Waals surface area contributed by atoms with E-state index in [2.05, 4.69) is 22.3 Å². The number of benzene rings is 2. The minimum atomic E-state index is 0.269. The Balaban J connectivity index is 1.68. The predicted molar refractivity (Wildman–Crippen MR) is 91.0 cm³/mol. The molecule has 0 saturated carbocycles. The second-order valence-electron chi connectivity index (χ2n) is 4.92. The van der Waals surface area contributed by atoms with Gasteiger partial charge in [-0.25, -0.2) is 0 Å². The van der Waals surface area contributed by atoms with Crippen molar-refractivity contribution in [3.8, 4) is 5.75 Å². The molecule has 0 atom stereocenters. The summed E-state index contributed by atoms with van der Waals surface area (Å²) in [6, 6.07) is 19.2. The Bertz CT molecular complexity index is 784. The number of nitrogens with zero attached hydrogens (tertiary/aromatic N) is 1. The van der Waals surface area contributed by atoms with Crippen LogP contribution in [0.1, 0.15) is 22.5 Å². The van der Waals surface area contributed by atoms with E-state index < -0.39 is 0 Å². The Morgan fingerprint density at radius 2 is 1.45 bits per heavy atom. The first-order chi connectivity index (χ1) is 10.8. The standard InChI is InChI=1S/C19H16N2O/c22-19-12-8-16(9-13-19)7-11-18-14-17(20-21-18)10-6-15-4-2-1-3-5-15/h1-14,22H,(H,20,21)/b10-6+,11-7+.